The number of aryl methyl sites for hydroxylation is 1. The molecule has 2 rings (SSSR count). The second-order valence-electron chi connectivity index (χ2n) is 5.50. The van der Waals surface area contributed by atoms with Crippen LogP contribution in [0.1, 0.15) is 37.8 Å². The van der Waals surface area contributed by atoms with Gasteiger partial charge in [0, 0.05) is 0 Å². The van der Waals surface area contributed by atoms with E-state index in [1.165, 1.54) is 0 Å². The summed E-state index contributed by atoms with van der Waals surface area (Å²) in [5, 5.41) is 0. The van der Waals surface area contributed by atoms with Crippen LogP contribution >= 0.6 is 0 Å². The minimum absolute atomic E-state index is 0.167. The molecule has 2 aromatic rings. The van der Waals surface area contributed by atoms with Gasteiger partial charge in [0.15, 0.2) is 5.76 Å². The first-order valence-corrected chi connectivity index (χ1v) is 6.87. The largest absolute Gasteiger partial charge is 0.496 e. The predicted molar refractivity (Wildman–Crippen MR) is 79.6 cm³/mol. The van der Waals surface area contributed by atoms with Crippen molar-refractivity contribution in [3.8, 4) is 17.1 Å². The Labute approximate surface area is 120 Å². The number of benzene rings is 1. The van der Waals surface area contributed by atoms with Gasteiger partial charge in [-0.25, -0.2) is 4.98 Å². The fraction of sp³-hybridized carbons (Fsp3) is 0.438. The van der Waals surface area contributed by atoms with Crippen molar-refractivity contribution in [2.45, 2.75) is 33.2 Å². The third-order valence-electron chi connectivity index (χ3n) is 3.19. The van der Waals surface area contributed by atoms with Crippen LogP contribution in [-0.4, -0.2) is 12.1 Å². The lowest BCUT2D eigenvalue weighted by molar-refractivity contribution is 0.400. The van der Waals surface area contributed by atoms with Gasteiger partial charge in [-0.05, 0) is 31.4 Å². The third kappa shape index (κ3) is 3.20. The Morgan fingerprint density at radius 1 is 1.35 bits per heavy atom. The Morgan fingerprint density at radius 2 is 2.10 bits per heavy atom. The Bertz CT molecular complexity index is 576. The minimum atomic E-state index is -0.167. The van der Waals surface area contributed by atoms with Gasteiger partial charge in [0.1, 0.15) is 5.75 Å². The van der Waals surface area contributed by atoms with Crippen LogP contribution in [0.5, 0.6) is 5.75 Å². The van der Waals surface area contributed by atoms with E-state index in [9.17, 15) is 0 Å². The normalized spacial score (nSPS) is 12.7. The zero-order valence-electron chi connectivity index (χ0n) is 12.5. The molecule has 0 bridgehead atoms. The van der Waals surface area contributed by atoms with E-state index in [1.807, 2.05) is 25.1 Å². The van der Waals surface area contributed by atoms with Crippen LogP contribution in [0.15, 0.2) is 28.8 Å². The molecule has 108 valence electrons. The van der Waals surface area contributed by atoms with Crippen molar-refractivity contribution in [3.05, 3.63) is 35.9 Å². The summed E-state index contributed by atoms with van der Waals surface area (Å²) in [6.07, 6.45) is 2.57. The van der Waals surface area contributed by atoms with Gasteiger partial charge in [-0.15, -0.1) is 0 Å². The number of hydrogen-bond donors (Lipinski definition) is 1. The maximum absolute atomic E-state index is 6.10. The molecule has 1 unspecified atom stereocenters. The van der Waals surface area contributed by atoms with Crippen molar-refractivity contribution in [2.75, 3.05) is 7.11 Å². The van der Waals surface area contributed by atoms with Gasteiger partial charge >= 0.3 is 0 Å². The molecule has 0 fully saturated rings. The van der Waals surface area contributed by atoms with Gasteiger partial charge in [-0.3, -0.25) is 0 Å². The maximum atomic E-state index is 6.10. The van der Waals surface area contributed by atoms with Crippen LogP contribution in [0.2, 0.25) is 0 Å². The van der Waals surface area contributed by atoms with E-state index in [2.05, 4.69) is 18.8 Å². The maximum Gasteiger partial charge on any atom is 0.211 e. The summed E-state index contributed by atoms with van der Waals surface area (Å²) in [6, 6.07) is 5.79. The number of hydrogen-bond acceptors (Lipinski definition) is 4. The highest BCUT2D eigenvalue weighted by atomic mass is 16.5. The monoisotopic (exact) mass is 274 g/mol. The van der Waals surface area contributed by atoms with E-state index in [4.69, 9.17) is 14.9 Å². The fourth-order valence-electron chi connectivity index (χ4n) is 2.21. The first-order chi connectivity index (χ1) is 9.51. The molecule has 0 aliphatic rings. The molecule has 0 aliphatic carbocycles. The summed E-state index contributed by atoms with van der Waals surface area (Å²) < 4.78 is 11.2. The van der Waals surface area contributed by atoms with E-state index >= 15 is 0 Å². The summed E-state index contributed by atoms with van der Waals surface area (Å²) in [5.74, 6) is 2.56. The van der Waals surface area contributed by atoms with Crippen molar-refractivity contribution in [1.29, 1.82) is 0 Å². The lowest BCUT2D eigenvalue weighted by Gasteiger charge is -2.10. The highest BCUT2D eigenvalue weighted by molar-refractivity contribution is 5.66. The van der Waals surface area contributed by atoms with Gasteiger partial charge in [-0.1, -0.05) is 25.5 Å². The van der Waals surface area contributed by atoms with E-state index in [0.717, 1.165) is 23.3 Å². The molecule has 2 N–H and O–H groups in total. The molecule has 1 atom stereocenters. The van der Waals surface area contributed by atoms with Crippen LogP contribution in [-0.2, 0) is 0 Å². The SMILES string of the molecule is COc1ccc(C)cc1-c1cnc(C(N)CC(C)C)o1. The molecule has 1 aromatic heterocycles. The molecule has 0 amide bonds. The average Bonchev–Trinajstić information content (AvgIpc) is 2.87. The second-order valence-corrected chi connectivity index (χ2v) is 5.50. The van der Waals surface area contributed by atoms with E-state index < -0.39 is 0 Å². The van der Waals surface area contributed by atoms with E-state index in [1.54, 1.807) is 13.3 Å². The summed E-state index contributed by atoms with van der Waals surface area (Å²) in [5.41, 5.74) is 8.15. The standard InChI is InChI=1S/C16H22N2O2/c1-10(2)7-13(17)16-18-9-15(20-16)12-8-11(3)5-6-14(12)19-4/h5-6,8-10,13H,7,17H2,1-4H3. The molecule has 1 heterocycles. The predicted octanol–water partition coefficient (Wildman–Crippen LogP) is 3.70. The molecule has 1 aromatic carbocycles. The van der Waals surface area contributed by atoms with Crippen molar-refractivity contribution >= 4 is 0 Å². The highest BCUT2D eigenvalue weighted by Gasteiger charge is 2.17. The lowest BCUT2D eigenvalue weighted by atomic mass is 10.0. The zero-order chi connectivity index (χ0) is 14.7. The summed E-state index contributed by atoms with van der Waals surface area (Å²) in [6.45, 7) is 6.30. The Hall–Kier alpha value is -1.81. The third-order valence-corrected chi connectivity index (χ3v) is 3.19. The molecule has 4 heteroatoms. The summed E-state index contributed by atoms with van der Waals surface area (Å²) >= 11 is 0. The molecule has 0 saturated carbocycles. The fourth-order valence-corrected chi connectivity index (χ4v) is 2.21. The first-order valence-electron chi connectivity index (χ1n) is 6.87. The Morgan fingerprint density at radius 3 is 2.75 bits per heavy atom. The molecular weight excluding hydrogens is 252 g/mol. The number of oxazole rings is 1. The van der Waals surface area contributed by atoms with Crippen LogP contribution in [0.25, 0.3) is 11.3 Å². The van der Waals surface area contributed by atoms with Gasteiger partial charge < -0.3 is 14.9 Å². The summed E-state index contributed by atoms with van der Waals surface area (Å²) in [4.78, 5) is 4.30. The van der Waals surface area contributed by atoms with Crippen molar-refractivity contribution in [3.63, 3.8) is 0 Å². The van der Waals surface area contributed by atoms with E-state index in [0.29, 0.717) is 17.6 Å². The molecule has 4 nitrogen and oxygen atoms in total. The molecular formula is C16H22N2O2. The molecule has 0 saturated heterocycles. The van der Waals surface area contributed by atoms with Crippen LogP contribution in [0, 0.1) is 12.8 Å². The van der Waals surface area contributed by atoms with Crippen molar-refractivity contribution < 1.29 is 9.15 Å². The molecule has 20 heavy (non-hydrogen) atoms. The molecule has 0 aliphatic heterocycles. The topological polar surface area (TPSA) is 61.3 Å². The smallest absolute Gasteiger partial charge is 0.211 e. The number of rotatable bonds is 5. The number of nitrogens with zero attached hydrogens (tertiary/aromatic N) is 1. The summed E-state index contributed by atoms with van der Waals surface area (Å²) in [7, 11) is 1.65. The lowest BCUT2D eigenvalue weighted by Crippen LogP contribution is -2.13. The van der Waals surface area contributed by atoms with Gasteiger partial charge in [0.25, 0.3) is 0 Å². The van der Waals surface area contributed by atoms with Crippen molar-refractivity contribution in [1.82, 2.24) is 4.98 Å². The molecule has 0 spiro atoms. The Kier molecular flexibility index (Phi) is 4.45. The average molecular weight is 274 g/mol. The van der Waals surface area contributed by atoms with Crippen molar-refractivity contribution in [2.24, 2.45) is 11.7 Å². The van der Waals surface area contributed by atoms with Gasteiger partial charge in [0.05, 0.1) is 24.9 Å². The van der Waals surface area contributed by atoms with Gasteiger partial charge in [0.2, 0.25) is 5.89 Å². The number of aromatic nitrogens is 1. The Balaban J connectivity index is 2.31. The first kappa shape index (κ1) is 14.6. The number of ether oxygens (including phenoxy) is 1. The van der Waals surface area contributed by atoms with Crippen LogP contribution in [0.4, 0.5) is 0 Å². The van der Waals surface area contributed by atoms with Crippen LogP contribution in [0.3, 0.4) is 0 Å². The minimum Gasteiger partial charge on any atom is -0.496 e. The molecule has 0 radical (unpaired) electrons. The highest BCUT2D eigenvalue weighted by Crippen LogP contribution is 2.32. The second kappa shape index (κ2) is 6.09. The van der Waals surface area contributed by atoms with Gasteiger partial charge in [-0.2, -0.15) is 0 Å². The number of nitrogens with two attached hydrogens (primary N) is 1. The number of methoxy groups -OCH3 is 1. The van der Waals surface area contributed by atoms with E-state index in [-0.39, 0.29) is 6.04 Å². The van der Waals surface area contributed by atoms with Crippen LogP contribution < -0.4 is 10.5 Å². The quantitative estimate of drug-likeness (QED) is 0.903. The zero-order valence-corrected chi connectivity index (χ0v) is 12.5.